The van der Waals surface area contributed by atoms with Gasteiger partial charge in [-0.3, -0.25) is 0 Å². The maximum absolute atomic E-state index is 10.9. The number of hydrogen-bond acceptors (Lipinski definition) is 3. The van der Waals surface area contributed by atoms with Gasteiger partial charge in [0, 0.05) is 4.47 Å². The first-order valence-corrected chi connectivity index (χ1v) is 6.27. The van der Waals surface area contributed by atoms with Gasteiger partial charge in [0.25, 0.3) is 0 Å². The lowest BCUT2D eigenvalue weighted by Gasteiger charge is -2.01. The van der Waals surface area contributed by atoms with Crippen molar-refractivity contribution < 1.29 is 9.90 Å². The number of carboxylic acid groups (broad SMARTS) is 1. The number of thiazole rings is 1. The molecule has 0 radical (unpaired) electrons. The van der Waals surface area contributed by atoms with E-state index in [1.165, 1.54) is 16.8 Å². The fourth-order valence-electron chi connectivity index (χ4n) is 1.24. The minimum atomic E-state index is -1.03. The number of halogens is 2. The molecule has 0 aliphatic carbocycles. The van der Waals surface area contributed by atoms with Crippen LogP contribution in [0, 0.1) is 0 Å². The molecule has 0 spiro atoms. The quantitative estimate of drug-likeness (QED) is 0.913. The first kappa shape index (κ1) is 11.6. The van der Waals surface area contributed by atoms with Crippen LogP contribution in [0.1, 0.15) is 10.5 Å². The van der Waals surface area contributed by atoms with Crippen LogP contribution in [0.3, 0.4) is 0 Å². The lowest BCUT2D eigenvalue weighted by Crippen LogP contribution is -1.98. The number of carbonyl (C=O) groups is 1. The topological polar surface area (TPSA) is 50.2 Å². The average Bonchev–Trinajstić information content (AvgIpc) is 2.71. The molecule has 6 heteroatoms. The monoisotopic (exact) mass is 317 g/mol. The fourth-order valence-corrected chi connectivity index (χ4v) is 2.52. The van der Waals surface area contributed by atoms with E-state index in [4.69, 9.17) is 16.7 Å². The Bertz CT molecular complexity index is 556. The molecular weight excluding hydrogens is 314 g/mol. The minimum absolute atomic E-state index is 0.0687. The second-order valence-corrected chi connectivity index (χ2v) is 5.08. The Morgan fingerprint density at radius 2 is 2.25 bits per heavy atom. The Morgan fingerprint density at radius 3 is 2.88 bits per heavy atom. The van der Waals surface area contributed by atoms with Gasteiger partial charge < -0.3 is 5.11 Å². The molecule has 0 aliphatic heterocycles. The van der Waals surface area contributed by atoms with Crippen LogP contribution in [0.2, 0.25) is 5.02 Å². The number of aromatic carboxylic acids is 1. The van der Waals surface area contributed by atoms with E-state index in [0.29, 0.717) is 9.90 Å². The summed E-state index contributed by atoms with van der Waals surface area (Å²) in [6.45, 7) is 0. The Labute approximate surface area is 109 Å². The number of nitrogens with zero attached hydrogens (tertiary/aromatic N) is 1. The third kappa shape index (κ3) is 2.11. The summed E-state index contributed by atoms with van der Waals surface area (Å²) in [5.74, 6) is -1.03. The van der Waals surface area contributed by atoms with Crippen molar-refractivity contribution in [3.05, 3.63) is 38.9 Å². The second kappa shape index (κ2) is 4.53. The first-order chi connectivity index (χ1) is 7.59. The van der Waals surface area contributed by atoms with Crippen LogP contribution >= 0.6 is 38.9 Å². The molecule has 1 heterocycles. The van der Waals surface area contributed by atoms with Gasteiger partial charge in [0.05, 0.1) is 15.4 Å². The largest absolute Gasteiger partial charge is 0.476 e. The Hall–Kier alpha value is -0.910. The van der Waals surface area contributed by atoms with Crippen LogP contribution in [-0.2, 0) is 0 Å². The SMILES string of the molecule is O=C(O)c1ncsc1-c1ccc(Cl)c(Br)c1. The van der Waals surface area contributed by atoms with E-state index in [-0.39, 0.29) is 5.69 Å². The molecule has 0 aliphatic rings. The van der Waals surface area contributed by atoms with Gasteiger partial charge in [0.1, 0.15) is 0 Å². The number of hydrogen-bond donors (Lipinski definition) is 1. The predicted molar refractivity (Wildman–Crippen MR) is 67.2 cm³/mol. The second-order valence-electron chi connectivity index (χ2n) is 2.96. The van der Waals surface area contributed by atoms with Crippen LogP contribution in [-0.4, -0.2) is 16.1 Å². The molecule has 0 bridgehead atoms. The van der Waals surface area contributed by atoms with Crippen molar-refractivity contribution in [1.29, 1.82) is 0 Å². The van der Waals surface area contributed by atoms with Crippen molar-refractivity contribution >= 4 is 44.8 Å². The summed E-state index contributed by atoms with van der Waals surface area (Å²) >= 11 is 10.5. The van der Waals surface area contributed by atoms with E-state index < -0.39 is 5.97 Å². The van der Waals surface area contributed by atoms with E-state index >= 15 is 0 Å². The summed E-state index contributed by atoms with van der Waals surface area (Å²) < 4.78 is 0.733. The number of aromatic nitrogens is 1. The molecule has 0 unspecified atom stereocenters. The Morgan fingerprint density at radius 1 is 1.50 bits per heavy atom. The van der Waals surface area contributed by atoms with E-state index in [0.717, 1.165) is 10.0 Å². The van der Waals surface area contributed by atoms with Gasteiger partial charge in [-0.25, -0.2) is 9.78 Å². The molecule has 0 fully saturated rings. The van der Waals surface area contributed by atoms with E-state index in [2.05, 4.69) is 20.9 Å². The zero-order chi connectivity index (χ0) is 11.7. The Kier molecular flexibility index (Phi) is 3.28. The van der Waals surface area contributed by atoms with Gasteiger partial charge in [0.15, 0.2) is 5.69 Å². The van der Waals surface area contributed by atoms with Crippen molar-refractivity contribution in [3.63, 3.8) is 0 Å². The molecule has 2 rings (SSSR count). The third-order valence-electron chi connectivity index (χ3n) is 1.95. The number of rotatable bonds is 2. The van der Waals surface area contributed by atoms with Gasteiger partial charge in [-0.15, -0.1) is 11.3 Å². The van der Waals surface area contributed by atoms with Gasteiger partial charge in [0.2, 0.25) is 0 Å². The highest BCUT2D eigenvalue weighted by Crippen LogP contribution is 2.32. The van der Waals surface area contributed by atoms with Crippen LogP contribution < -0.4 is 0 Å². The molecular formula is C10H5BrClNO2S. The Balaban J connectivity index is 2.54. The van der Waals surface area contributed by atoms with Crippen molar-refractivity contribution in [3.8, 4) is 10.4 Å². The molecule has 1 N–H and O–H groups in total. The van der Waals surface area contributed by atoms with E-state index in [1.54, 1.807) is 18.2 Å². The summed E-state index contributed by atoms with van der Waals surface area (Å²) in [6.07, 6.45) is 0. The van der Waals surface area contributed by atoms with E-state index in [9.17, 15) is 4.79 Å². The normalized spacial score (nSPS) is 10.4. The summed E-state index contributed by atoms with van der Waals surface area (Å²) in [7, 11) is 0. The van der Waals surface area contributed by atoms with Gasteiger partial charge in [-0.1, -0.05) is 17.7 Å². The molecule has 0 amide bonds. The number of carboxylic acids is 1. The molecule has 82 valence electrons. The molecule has 1 aromatic heterocycles. The summed E-state index contributed by atoms with van der Waals surface area (Å²) in [5, 5.41) is 9.53. The first-order valence-electron chi connectivity index (χ1n) is 4.22. The highest BCUT2D eigenvalue weighted by molar-refractivity contribution is 9.10. The van der Waals surface area contributed by atoms with Gasteiger partial charge in [-0.05, 0) is 33.6 Å². The lowest BCUT2D eigenvalue weighted by atomic mass is 10.1. The summed E-state index contributed by atoms with van der Waals surface area (Å²) in [4.78, 5) is 15.4. The predicted octanol–water partition coefficient (Wildman–Crippen LogP) is 3.92. The average molecular weight is 319 g/mol. The third-order valence-corrected chi connectivity index (χ3v) is 4.04. The highest BCUT2D eigenvalue weighted by atomic mass is 79.9. The molecule has 1 aromatic carbocycles. The minimum Gasteiger partial charge on any atom is -0.476 e. The lowest BCUT2D eigenvalue weighted by molar-refractivity contribution is 0.0692. The maximum Gasteiger partial charge on any atom is 0.356 e. The maximum atomic E-state index is 10.9. The van der Waals surface area contributed by atoms with Crippen molar-refractivity contribution in [2.45, 2.75) is 0 Å². The van der Waals surface area contributed by atoms with Crippen molar-refractivity contribution in [2.75, 3.05) is 0 Å². The summed E-state index contributed by atoms with van der Waals surface area (Å²) in [5.41, 5.74) is 2.37. The molecule has 0 atom stereocenters. The fraction of sp³-hybridized carbons (Fsp3) is 0. The van der Waals surface area contributed by atoms with Crippen molar-refractivity contribution in [1.82, 2.24) is 4.98 Å². The summed E-state index contributed by atoms with van der Waals surface area (Å²) in [6, 6.07) is 5.27. The van der Waals surface area contributed by atoms with Crippen LogP contribution in [0.4, 0.5) is 0 Å². The van der Waals surface area contributed by atoms with E-state index in [1.807, 2.05) is 0 Å². The standard InChI is InChI=1S/C10H5BrClNO2S/c11-6-3-5(1-2-7(6)12)9-8(10(14)15)13-4-16-9/h1-4H,(H,14,15). The van der Waals surface area contributed by atoms with Gasteiger partial charge >= 0.3 is 5.97 Å². The van der Waals surface area contributed by atoms with Gasteiger partial charge in [-0.2, -0.15) is 0 Å². The smallest absolute Gasteiger partial charge is 0.356 e. The van der Waals surface area contributed by atoms with Crippen LogP contribution in [0.25, 0.3) is 10.4 Å². The highest BCUT2D eigenvalue weighted by Gasteiger charge is 2.15. The zero-order valence-electron chi connectivity index (χ0n) is 7.78. The zero-order valence-corrected chi connectivity index (χ0v) is 10.9. The van der Waals surface area contributed by atoms with Crippen LogP contribution in [0.15, 0.2) is 28.2 Å². The molecule has 16 heavy (non-hydrogen) atoms. The number of benzene rings is 1. The molecule has 2 aromatic rings. The molecule has 0 saturated heterocycles. The molecule has 0 saturated carbocycles. The van der Waals surface area contributed by atoms with Crippen molar-refractivity contribution in [2.24, 2.45) is 0 Å². The molecule has 3 nitrogen and oxygen atoms in total. The van der Waals surface area contributed by atoms with Crippen LogP contribution in [0.5, 0.6) is 0 Å².